The lowest BCUT2D eigenvalue weighted by Crippen LogP contribution is -2.52. The van der Waals surface area contributed by atoms with Gasteiger partial charge in [-0.2, -0.15) is 11.8 Å². The van der Waals surface area contributed by atoms with E-state index in [0.717, 1.165) is 37.9 Å². The van der Waals surface area contributed by atoms with Crippen LogP contribution < -0.4 is 5.32 Å². The fraction of sp³-hybridized carbons (Fsp3) is 0.929. The van der Waals surface area contributed by atoms with Gasteiger partial charge < -0.3 is 10.2 Å². The molecule has 2 aliphatic heterocycles. The van der Waals surface area contributed by atoms with E-state index < -0.39 is 9.84 Å². The number of sulfone groups is 1. The Morgan fingerprint density at radius 2 is 1.95 bits per heavy atom. The number of rotatable bonds is 3. The molecule has 8 heteroatoms. The number of guanidine groups is 1. The summed E-state index contributed by atoms with van der Waals surface area (Å²) in [7, 11) is -0.964. The second-order valence-corrected chi connectivity index (χ2v) is 10.6. The van der Waals surface area contributed by atoms with Gasteiger partial charge in [0.05, 0.1) is 11.5 Å². The Kier molecular flexibility index (Phi) is 6.01. The van der Waals surface area contributed by atoms with Crippen molar-refractivity contribution in [2.24, 2.45) is 4.99 Å². The number of hydrogen-bond acceptors (Lipinski definition) is 5. The summed E-state index contributed by atoms with van der Waals surface area (Å²) in [5.74, 6) is 2.66. The molecule has 1 N–H and O–H groups in total. The highest BCUT2D eigenvalue weighted by atomic mass is 32.2. The van der Waals surface area contributed by atoms with Crippen molar-refractivity contribution in [2.45, 2.75) is 18.6 Å². The molecule has 2 heterocycles. The van der Waals surface area contributed by atoms with E-state index in [0.29, 0.717) is 24.6 Å². The summed E-state index contributed by atoms with van der Waals surface area (Å²) in [5.41, 5.74) is 0. The molecule has 0 atom stereocenters. The topological polar surface area (TPSA) is 65.0 Å². The summed E-state index contributed by atoms with van der Waals surface area (Å²) in [4.78, 5) is 8.91. The molecule has 2 aliphatic rings. The van der Waals surface area contributed by atoms with Crippen LogP contribution >= 0.6 is 11.8 Å². The molecule has 0 aromatic carbocycles. The molecule has 0 bridgehead atoms. The second kappa shape index (κ2) is 7.40. The van der Waals surface area contributed by atoms with Crippen LogP contribution in [-0.4, -0.2) is 92.5 Å². The van der Waals surface area contributed by atoms with Crippen LogP contribution in [0.3, 0.4) is 0 Å². The Morgan fingerprint density at radius 3 is 2.55 bits per heavy atom. The van der Waals surface area contributed by atoms with Gasteiger partial charge in [0, 0.05) is 56.8 Å². The minimum atomic E-state index is -2.79. The lowest BCUT2D eigenvalue weighted by molar-refractivity contribution is 0.296. The Hall–Kier alpha value is -0.470. The number of hydrogen-bond donors (Lipinski definition) is 1. The molecule has 6 nitrogen and oxygen atoms in total. The van der Waals surface area contributed by atoms with Crippen LogP contribution in [0.2, 0.25) is 0 Å². The third-order valence-corrected chi connectivity index (χ3v) is 6.99. The zero-order chi connectivity index (χ0) is 16.2. The van der Waals surface area contributed by atoms with Crippen molar-refractivity contribution in [3.63, 3.8) is 0 Å². The van der Waals surface area contributed by atoms with Gasteiger partial charge in [-0.3, -0.25) is 9.89 Å². The van der Waals surface area contributed by atoms with E-state index in [9.17, 15) is 8.42 Å². The van der Waals surface area contributed by atoms with Crippen molar-refractivity contribution in [3.8, 4) is 0 Å². The van der Waals surface area contributed by atoms with Gasteiger partial charge >= 0.3 is 0 Å². The first-order chi connectivity index (χ1) is 10.3. The molecule has 0 radical (unpaired) electrons. The minimum Gasteiger partial charge on any atom is -0.355 e. The average molecular weight is 349 g/mol. The summed E-state index contributed by atoms with van der Waals surface area (Å²) in [6.45, 7) is 9.52. The second-order valence-electron chi connectivity index (χ2n) is 6.50. The van der Waals surface area contributed by atoms with Gasteiger partial charge in [0.25, 0.3) is 0 Å². The third kappa shape index (κ3) is 5.31. The molecule has 0 unspecified atom stereocenters. The highest BCUT2D eigenvalue weighted by Crippen LogP contribution is 2.29. The molecule has 22 heavy (non-hydrogen) atoms. The van der Waals surface area contributed by atoms with E-state index in [2.05, 4.69) is 34.0 Å². The van der Waals surface area contributed by atoms with Gasteiger partial charge in [-0.15, -0.1) is 0 Å². The molecular formula is C14H28N4O2S2. The zero-order valence-electron chi connectivity index (χ0n) is 13.8. The van der Waals surface area contributed by atoms with Crippen molar-refractivity contribution >= 4 is 27.6 Å². The van der Waals surface area contributed by atoms with Crippen molar-refractivity contribution < 1.29 is 8.42 Å². The maximum absolute atomic E-state index is 11.4. The molecule has 0 aliphatic carbocycles. The Labute approximate surface area is 138 Å². The Bertz CT molecular complexity index is 491. The first-order valence-electron chi connectivity index (χ1n) is 7.84. The standard InChI is InChI=1S/C14H28N4O2S2/c1-14(2)12-18(6-9-21-14)13(15-3)16-4-5-17-7-10-22(19,20)11-8-17/h4-12H2,1-3H3,(H,15,16). The van der Waals surface area contributed by atoms with Gasteiger partial charge in [0.1, 0.15) is 0 Å². The number of thioether (sulfide) groups is 1. The van der Waals surface area contributed by atoms with Crippen LogP contribution in [0.15, 0.2) is 4.99 Å². The fourth-order valence-corrected chi connectivity index (χ4v) is 5.22. The van der Waals surface area contributed by atoms with Gasteiger partial charge in [-0.25, -0.2) is 8.42 Å². The van der Waals surface area contributed by atoms with Crippen molar-refractivity contribution in [1.29, 1.82) is 0 Å². The SMILES string of the molecule is CN=C(NCCN1CCS(=O)(=O)CC1)N1CCSC(C)(C)C1. The van der Waals surface area contributed by atoms with E-state index in [1.165, 1.54) is 0 Å². The largest absolute Gasteiger partial charge is 0.355 e. The Balaban J connectivity index is 1.75. The van der Waals surface area contributed by atoms with E-state index in [1.807, 2.05) is 18.8 Å². The molecule has 2 saturated heterocycles. The van der Waals surface area contributed by atoms with Crippen LogP contribution in [0.4, 0.5) is 0 Å². The van der Waals surface area contributed by atoms with E-state index in [4.69, 9.17) is 0 Å². The summed E-state index contributed by atoms with van der Waals surface area (Å²) in [6.07, 6.45) is 0. The zero-order valence-corrected chi connectivity index (χ0v) is 15.5. The number of aliphatic imine (C=N–C) groups is 1. The van der Waals surface area contributed by atoms with Gasteiger partial charge in [0.2, 0.25) is 0 Å². The van der Waals surface area contributed by atoms with Crippen LogP contribution in [0.25, 0.3) is 0 Å². The molecule has 0 spiro atoms. The van der Waals surface area contributed by atoms with Crippen LogP contribution in [0, 0.1) is 0 Å². The lowest BCUT2D eigenvalue weighted by Gasteiger charge is -2.39. The summed E-state index contributed by atoms with van der Waals surface area (Å²) in [5, 5.41) is 3.42. The molecule has 0 aromatic rings. The fourth-order valence-electron chi connectivity index (χ4n) is 2.83. The van der Waals surface area contributed by atoms with Crippen LogP contribution in [0.5, 0.6) is 0 Å². The summed E-state index contributed by atoms with van der Waals surface area (Å²) < 4.78 is 23.1. The van der Waals surface area contributed by atoms with Gasteiger partial charge in [0.15, 0.2) is 15.8 Å². The molecule has 0 saturated carbocycles. The number of nitrogens with one attached hydrogen (secondary N) is 1. The van der Waals surface area contributed by atoms with Crippen molar-refractivity contribution in [1.82, 2.24) is 15.1 Å². The van der Waals surface area contributed by atoms with Gasteiger partial charge in [-0.05, 0) is 13.8 Å². The molecule has 2 fully saturated rings. The third-order valence-electron chi connectivity index (χ3n) is 4.09. The monoisotopic (exact) mass is 348 g/mol. The van der Waals surface area contributed by atoms with Crippen LogP contribution in [0.1, 0.15) is 13.8 Å². The molecular weight excluding hydrogens is 320 g/mol. The lowest BCUT2D eigenvalue weighted by atomic mass is 10.2. The molecule has 128 valence electrons. The summed E-state index contributed by atoms with van der Waals surface area (Å²) in [6, 6.07) is 0. The van der Waals surface area contributed by atoms with Crippen molar-refractivity contribution in [2.75, 3.05) is 63.6 Å². The number of nitrogens with zero attached hydrogens (tertiary/aromatic N) is 3. The highest BCUT2D eigenvalue weighted by molar-refractivity contribution is 8.00. The predicted molar refractivity (Wildman–Crippen MR) is 94.6 cm³/mol. The maximum Gasteiger partial charge on any atom is 0.193 e. The maximum atomic E-state index is 11.4. The smallest absolute Gasteiger partial charge is 0.193 e. The van der Waals surface area contributed by atoms with Crippen molar-refractivity contribution in [3.05, 3.63) is 0 Å². The van der Waals surface area contributed by atoms with E-state index >= 15 is 0 Å². The molecule has 0 aromatic heterocycles. The molecule has 2 rings (SSSR count). The van der Waals surface area contributed by atoms with E-state index in [1.54, 1.807) is 0 Å². The minimum absolute atomic E-state index is 0.261. The Morgan fingerprint density at radius 1 is 1.27 bits per heavy atom. The normalized spacial score (nSPS) is 26.0. The predicted octanol–water partition coefficient (Wildman–Crippen LogP) is 0.120. The quantitative estimate of drug-likeness (QED) is 0.577. The van der Waals surface area contributed by atoms with E-state index in [-0.39, 0.29) is 4.75 Å². The first-order valence-corrected chi connectivity index (χ1v) is 10.6. The van der Waals surface area contributed by atoms with Gasteiger partial charge in [-0.1, -0.05) is 0 Å². The molecule has 0 amide bonds. The summed E-state index contributed by atoms with van der Waals surface area (Å²) >= 11 is 2.01. The van der Waals surface area contributed by atoms with Crippen LogP contribution in [-0.2, 0) is 9.84 Å². The highest BCUT2D eigenvalue weighted by Gasteiger charge is 2.28. The first kappa shape index (κ1) is 17.9. The average Bonchev–Trinajstić information content (AvgIpc) is 2.44.